The van der Waals surface area contributed by atoms with E-state index < -0.39 is 0 Å². The van der Waals surface area contributed by atoms with Gasteiger partial charge < -0.3 is 5.43 Å². The number of halogens is 1. The Balaban J connectivity index is 1.51. The Bertz CT molecular complexity index is 1150. The predicted octanol–water partition coefficient (Wildman–Crippen LogP) is 5.12. The van der Waals surface area contributed by atoms with Gasteiger partial charge >= 0.3 is 0 Å². The molecule has 5 rings (SSSR count). The summed E-state index contributed by atoms with van der Waals surface area (Å²) in [7, 11) is 0. The Morgan fingerprint density at radius 1 is 0.828 bits per heavy atom. The molecule has 1 N–H and O–H groups in total. The molecule has 5 heteroatoms. The van der Waals surface area contributed by atoms with Gasteiger partial charge in [-0.3, -0.25) is 0 Å². The zero-order chi connectivity index (χ0) is 19.6. The first-order valence-corrected chi connectivity index (χ1v) is 9.56. The summed E-state index contributed by atoms with van der Waals surface area (Å²) in [4.78, 5) is 0. The zero-order valence-corrected chi connectivity index (χ0v) is 15.7. The highest BCUT2D eigenvalue weighted by atomic mass is 19.1. The molecule has 0 spiro atoms. The van der Waals surface area contributed by atoms with Crippen molar-refractivity contribution in [2.24, 2.45) is 5.10 Å². The molecule has 0 fully saturated rings. The van der Waals surface area contributed by atoms with E-state index in [-0.39, 0.29) is 11.9 Å². The zero-order valence-electron chi connectivity index (χ0n) is 15.7. The molecule has 2 heterocycles. The standard InChI is InChI=1S/C24H19FN4/c25-19-13-11-17(12-14-19)22-15-23(27-26-22)21-16-29(20-9-5-2-6-10-20)28-24(21)18-7-3-1-4-8-18/h1-14,16,23,27H,15H2/t23-/m0/s1. The molecule has 4 nitrogen and oxygen atoms in total. The van der Waals surface area contributed by atoms with Crippen LogP contribution in [0.5, 0.6) is 0 Å². The molecule has 1 aliphatic rings. The molecule has 0 radical (unpaired) electrons. The normalized spacial score (nSPS) is 15.8. The molecule has 1 atom stereocenters. The molecule has 1 aromatic heterocycles. The number of rotatable bonds is 4. The van der Waals surface area contributed by atoms with E-state index in [1.165, 1.54) is 12.1 Å². The highest BCUT2D eigenvalue weighted by Crippen LogP contribution is 2.33. The lowest BCUT2D eigenvalue weighted by Crippen LogP contribution is -2.10. The first-order valence-electron chi connectivity index (χ1n) is 9.56. The van der Waals surface area contributed by atoms with Crippen LogP contribution in [0, 0.1) is 5.82 Å². The summed E-state index contributed by atoms with van der Waals surface area (Å²) in [6.45, 7) is 0. The van der Waals surface area contributed by atoms with Gasteiger partial charge in [0.1, 0.15) is 5.82 Å². The van der Waals surface area contributed by atoms with Crippen LogP contribution in [0.25, 0.3) is 16.9 Å². The van der Waals surface area contributed by atoms with E-state index in [2.05, 4.69) is 28.9 Å². The van der Waals surface area contributed by atoms with E-state index in [1.807, 2.05) is 53.2 Å². The molecule has 0 bridgehead atoms. The second-order valence-electron chi connectivity index (χ2n) is 7.03. The van der Waals surface area contributed by atoms with Gasteiger partial charge in [0.15, 0.2) is 0 Å². The van der Waals surface area contributed by atoms with Crippen molar-refractivity contribution in [1.29, 1.82) is 0 Å². The summed E-state index contributed by atoms with van der Waals surface area (Å²) in [5.41, 5.74) is 9.19. The van der Waals surface area contributed by atoms with Gasteiger partial charge in [-0.25, -0.2) is 9.07 Å². The molecule has 3 aromatic carbocycles. The molecule has 0 saturated carbocycles. The van der Waals surface area contributed by atoms with Crippen molar-refractivity contribution >= 4 is 5.71 Å². The number of para-hydroxylation sites is 1. The summed E-state index contributed by atoms with van der Waals surface area (Å²) in [6.07, 6.45) is 2.78. The van der Waals surface area contributed by atoms with E-state index in [0.29, 0.717) is 6.42 Å². The van der Waals surface area contributed by atoms with Gasteiger partial charge in [-0.2, -0.15) is 10.2 Å². The lowest BCUT2D eigenvalue weighted by Gasteiger charge is -2.10. The molecule has 0 unspecified atom stereocenters. The topological polar surface area (TPSA) is 42.2 Å². The van der Waals surface area contributed by atoms with Gasteiger partial charge in [-0.15, -0.1) is 0 Å². The Hall–Kier alpha value is -3.73. The first kappa shape index (κ1) is 17.4. The van der Waals surface area contributed by atoms with Crippen LogP contribution < -0.4 is 5.43 Å². The van der Waals surface area contributed by atoms with E-state index >= 15 is 0 Å². The average Bonchev–Trinajstić information content (AvgIpc) is 3.43. The van der Waals surface area contributed by atoms with Crippen molar-refractivity contribution in [3.05, 3.63) is 108 Å². The molecule has 0 amide bonds. The number of aromatic nitrogens is 2. The maximum absolute atomic E-state index is 13.3. The average molecular weight is 382 g/mol. The molecule has 142 valence electrons. The molecule has 4 aromatic rings. The van der Waals surface area contributed by atoms with Gasteiger partial charge in [0.25, 0.3) is 0 Å². The van der Waals surface area contributed by atoms with Crippen LogP contribution in [0.2, 0.25) is 0 Å². The van der Waals surface area contributed by atoms with E-state index in [1.54, 1.807) is 12.1 Å². The number of hydrogen-bond acceptors (Lipinski definition) is 3. The van der Waals surface area contributed by atoms with Crippen LogP contribution in [-0.2, 0) is 0 Å². The quantitative estimate of drug-likeness (QED) is 0.532. The maximum atomic E-state index is 13.3. The van der Waals surface area contributed by atoms with E-state index in [9.17, 15) is 4.39 Å². The second kappa shape index (κ2) is 7.36. The minimum atomic E-state index is -0.243. The highest BCUT2D eigenvalue weighted by molar-refractivity contribution is 6.01. The lowest BCUT2D eigenvalue weighted by atomic mass is 9.97. The Kier molecular flexibility index (Phi) is 4.41. The number of hydrazone groups is 1. The molecular formula is C24H19FN4. The number of nitrogens with one attached hydrogen (secondary N) is 1. The monoisotopic (exact) mass is 382 g/mol. The number of hydrogen-bond donors (Lipinski definition) is 1. The largest absolute Gasteiger partial charge is 0.302 e. The summed E-state index contributed by atoms with van der Waals surface area (Å²) < 4.78 is 15.2. The van der Waals surface area contributed by atoms with Crippen LogP contribution in [-0.4, -0.2) is 15.5 Å². The number of benzene rings is 3. The van der Waals surface area contributed by atoms with E-state index in [4.69, 9.17) is 5.10 Å². The van der Waals surface area contributed by atoms with E-state index in [0.717, 1.165) is 33.8 Å². The van der Waals surface area contributed by atoms with Crippen LogP contribution in [0.4, 0.5) is 4.39 Å². The van der Waals surface area contributed by atoms with Crippen LogP contribution in [0.1, 0.15) is 23.6 Å². The van der Waals surface area contributed by atoms with Gasteiger partial charge in [-0.1, -0.05) is 60.7 Å². The Morgan fingerprint density at radius 2 is 1.52 bits per heavy atom. The summed E-state index contributed by atoms with van der Waals surface area (Å²) in [5.74, 6) is -0.243. The minimum Gasteiger partial charge on any atom is -0.302 e. The SMILES string of the molecule is Fc1ccc(C2=NN[C@H](c3cn(-c4ccccc4)nc3-c3ccccc3)C2)cc1. The third-order valence-corrected chi connectivity index (χ3v) is 5.12. The van der Waals surface area contributed by atoms with Crippen molar-refractivity contribution in [1.82, 2.24) is 15.2 Å². The third-order valence-electron chi connectivity index (χ3n) is 5.12. The van der Waals surface area contributed by atoms with Gasteiger partial charge in [0.2, 0.25) is 0 Å². The van der Waals surface area contributed by atoms with Crippen LogP contribution >= 0.6 is 0 Å². The second-order valence-corrected chi connectivity index (χ2v) is 7.03. The molecular weight excluding hydrogens is 363 g/mol. The number of nitrogens with zero attached hydrogens (tertiary/aromatic N) is 3. The summed E-state index contributed by atoms with van der Waals surface area (Å²) >= 11 is 0. The Morgan fingerprint density at radius 3 is 2.24 bits per heavy atom. The summed E-state index contributed by atoms with van der Waals surface area (Å²) in [6, 6.07) is 26.7. The van der Waals surface area contributed by atoms with Gasteiger partial charge in [0.05, 0.1) is 23.1 Å². The fourth-order valence-electron chi connectivity index (χ4n) is 3.62. The minimum absolute atomic E-state index is 0.00252. The van der Waals surface area contributed by atoms with Crippen molar-refractivity contribution in [2.75, 3.05) is 0 Å². The first-order chi connectivity index (χ1) is 14.3. The Labute approximate surface area is 168 Å². The molecule has 1 aliphatic heterocycles. The van der Waals surface area contributed by atoms with Crippen molar-refractivity contribution in [2.45, 2.75) is 12.5 Å². The fourth-order valence-corrected chi connectivity index (χ4v) is 3.62. The third kappa shape index (κ3) is 3.43. The van der Waals surface area contributed by atoms with Crippen molar-refractivity contribution in [3.63, 3.8) is 0 Å². The lowest BCUT2D eigenvalue weighted by molar-refractivity contribution is 0.621. The van der Waals surface area contributed by atoms with Gasteiger partial charge in [0, 0.05) is 23.7 Å². The molecule has 29 heavy (non-hydrogen) atoms. The van der Waals surface area contributed by atoms with Crippen LogP contribution in [0.15, 0.2) is 96.2 Å². The van der Waals surface area contributed by atoms with Crippen LogP contribution in [0.3, 0.4) is 0 Å². The molecule has 0 saturated heterocycles. The van der Waals surface area contributed by atoms with Crippen molar-refractivity contribution < 1.29 is 4.39 Å². The fraction of sp³-hybridized carbons (Fsp3) is 0.0833. The van der Waals surface area contributed by atoms with Gasteiger partial charge in [-0.05, 0) is 29.8 Å². The maximum Gasteiger partial charge on any atom is 0.123 e. The highest BCUT2D eigenvalue weighted by Gasteiger charge is 2.26. The molecule has 0 aliphatic carbocycles. The van der Waals surface area contributed by atoms with Crippen molar-refractivity contribution in [3.8, 4) is 16.9 Å². The summed E-state index contributed by atoms with van der Waals surface area (Å²) in [5, 5.41) is 9.40. The predicted molar refractivity (Wildman–Crippen MR) is 112 cm³/mol. The smallest absolute Gasteiger partial charge is 0.123 e.